The van der Waals surface area contributed by atoms with Gasteiger partial charge < -0.3 is 14.2 Å². The molecule has 0 saturated heterocycles. The molecule has 206 valence electrons. The molecule has 0 aliphatic rings. The normalized spacial score (nSPS) is 11.7. The van der Waals surface area contributed by atoms with E-state index >= 15 is 0 Å². The maximum Gasteiger partial charge on any atom is 0.316 e. The summed E-state index contributed by atoms with van der Waals surface area (Å²) in [5, 5.41) is 4.45. The molecule has 0 spiro atoms. The fraction of sp³-hybridized carbons (Fsp3) is 0.296. The van der Waals surface area contributed by atoms with Gasteiger partial charge in [0.25, 0.3) is 10.0 Å². The maximum atomic E-state index is 13.4. The van der Waals surface area contributed by atoms with Gasteiger partial charge in [-0.3, -0.25) is 4.72 Å². The maximum absolute atomic E-state index is 13.4. The van der Waals surface area contributed by atoms with Gasteiger partial charge in [0.1, 0.15) is 24.8 Å². The van der Waals surface area contributed by atoms with Crippen molar-refractivity contribution >= 4 is 31.8 Å². The molecule has 0 bridgehead atoms. The van der Waals surface area contributed by atoms with Gasteiger partial charge >= 0.3 is 6.01 Å². The lowest BCUT2D eigenvalue weighted by Crippen LogP contribution is -2.17. The minimum Gasteiger partial charge on any atom is -0.497 e. The molecule has 0 aliphatic heterocycles. The minimum absolute atomic E-state index is 0.0985. The number of nitrogens with one attached hydrogen (secondary N) is 1. The van der Waals surface area contributed by atoms with Gasteiger partial charge in [0.2, 0.25) is 5.88 Å². The van der Waals surface area contributed by atoms with Crippen LogP contribution in [-0.2, 0) is 22.5 Å². The van der Waals surface area contributed by atoms with Crippen LogP contribution in [0.1, 0.15) is 26.3 Å². The number of aryl methyl sites for hydroxylation is 1. The predicted octanol–water partition coefficient (Wildman–Crippen LogP) is 5.20. The monoisotopic (exact) mass is 615 g/mol. The summed E-state index contributed by atoms with van der Waals surface area (Å²) in [4.78, 5) is 8.27. The summed E-state index contributed by atoms with van der Waals surface area (Å²) in [5.41, 5.74) is 2.11. The van der Waals surface area contributed by atoms with Gasteiger partial charge in [-0.15, -0.1) is 5.10 Å². The lowest BCUT2D eigenvalue weighted by atomic mass is 9.87. The molecule has 0 atom stereocenters. The number of rotatable bonds is 10. The Labute approximate surface area is 236 Å². The standard InChI is InChI=1S/C27H30BrN5O5S/c1-27(2,3)19-8-12-22(13-9-19)39(34,35)32-24-23(18-6-10-21(36-5)11-7-18)25(31-33(24)4)37-14-15-38-26-29-16-20(28)17-30-26/h6-13,16-17,32H,14-15H2,1-5H3. The van der Waals surface area contributed by atoms with Crippen LogP contribution in [0.25, 0.3) is 11.1 Å². The molecule has 12 heteroatoms. The Bertz CT molecular complexity index is 1520. The van der Waals surface area contributed by atoms with Gasteiger partial charge in [-0.1, -0.05) is 45.0 Å². The van der Waals surface area contributed by atoms with E-state index in [1.807, 2.05) is 24.3 Å². The van der Waals surface area contributed by atoms with Gasteiger partial charge in [0, 0.05) is 19.4 Å². The summed E-state index contributed by atoms with van der Waals surface area (Å²) in [6.45, 7) is 6.50. The van der Waals surface area contributed by atoms with E-state index in [4.69, 9.17) is 14.2 Å². The Morgan fingerprint density at radius 3 is 2.15 bits per heavy atom. The number of methoxy groups -OCH3 is 1. The van der Waals surface area contributed by atoms with E-state index in [1.165, 1.54) is 4.68 Å². The average Bonchev–Trinajstić information content (AvgIpc) is 3.21. The lowest BCUT2D eigenvalue weighted by molar-refractivity contribution is 0.201. The fourth-order valence-corrected chi connectivity index (χ4v) is 5.01. The van der Waals surface area contributed by atoms with Gasteiger partial charge in [0.05, 0.1) is 22.0 Å². The third-order valence-corrected chi connectivity index (χ3v) is 7.57. The highest BCUT2D eigenvalue weighted by atomic mass is 79.9. The van der Waals surface area contributed by atoms with E-state index in [9.17, 15) is 8.42 Å². The molecule has 4 aromatic rings. The number of hydrogen-bond acceptors (Lipinski definition) is 8. The second-order valence-electron chi connectivity index (χ2n) is 9.64. The Balaban J connectivity index is 1.61. The molecule has 2 aromatic carbocycles. The molecule has 1 N–H and O–H groups in total. The number of benzene rings is 2. The van der Waals surface area contributed by atoms with E-state index in [2.05, 4.69) is 56.5 Å². The van der Waals surface area contributed by atoms with Crippen LogP contribution < -0.4 is 18.9 Å². The van der Waals surface area contributed by atoms with Crippen LogP contribution in [-0.4, -0.2) is 48.5 Å². The SMILES string of the molecule is COc1ccc(-c2c(OCCOc3ncc(Br)cn3)nn(C)c2NS(=O)(=O)c2ccc(C(C)(C)C)cc2)cc1. The van der Waals surface area contributed by atoms with Crippen LogP contribution in [0.4, 0.5) is 5.82 Å². The third kappa shape index (κ3) is 6.87. The van der Waals surface area contributed by atoms with Crippen LogP contribution in [0.15, 0.2) is 70.3 Å². The second kappa shape index (κ2) is 11.6. The van der Waals surface area contributed by atoms with Crippen molar-refractivity contribution in [1.82, 2.24) is 19.7 Å². The van der Waals surface area contributed by atoms with E-state index in [-0.39, 0.29) is 41.2 Å². The molecule has 0 amide bonds. The first kappa shape index (κ1) is 28.4. The van der Waals surface area contributed by atoms with Crippen molar-refractivity contribution in [1.29, 1.82) is 0 Å². The van der Waals surface area contributed by atoms with Crippen LogP contribution >= 0.6 is 15.9 Å². The molecule has 10 nitrogen and oxygen atoms in total. The second-order valence-corrected chi connectivity index (χ2v) is 12.2. The Kier molecular flexibility index (Phi) is 8.45. The van der Waals surface area contributed by atoms with Crippen molar-refractivity contribution in [3.8, 4) is 28.8 Å². The van der Waals surface area contributed by atoms with Gasteiger partial charge in [-0.25, -0.2) is 23.1 Å². The Morgan fingerprint density at radius 1 is 0.949 bits per heavy atom. The van der Waals surface area contributed by atoms with Crippen molar-refractivity contribution in [2.45, 2.75) is 31.1 Å². The zero-order chi connectivity index (χ0) is 28.2. The number of nitrogens with zero attached hydrogens (tertiary/aromatic N) is 4. The molecule has 39 heavy (non-hydrogen) atoms. The summed E-state index contributed by atoms with van der Waals surface area (Å²) in [7, 11) is -0.707. The van der Waals surface area contributed by atoms with Crippen LogP contribution in [0.3, 0.4) is 0 Å². The molecule has 0 unspecified atom stereocenters. The summed E-state index contributed by atoms with van der Waals surface area (Å²) >= 11 is 3.28. The molecular formula is C27H30BrN5O5S. The molecule has 0 saturated carbocycles. The summed E-state index contributed by atoms with van der Waals surface area (Å²) in [6.07, 6.45) is 3.16. The highest BCUT2D eigenvalue weighted by Crippen LogP contribution is 2.38. The van der Waals surface area contributed by atoms with Crippen molar-refractivity contribution in [2.24, 2.45) is 7.05 Å². The molecule has 0 radical (unpaired) electrons. The highest BCUT2D eigenvalue weighted by molar-refractivity contribution is 9.10. The third-order valence-electron chi connectivity index (χ3n) is 5.81. The fourth-order valence-electron chi connectivity index (χ4n) is 3.70. The zero-order valence-electron chi connectivity index (χ0n) is 22.3. The van der Waals surface area contributed by atoms with E-state index in [1.54, 1.807) is 50.8 Å². The molecule has 4 rings (SSSR count). The van der Waals surface area contributed by atoms with Crippen molar-refractivity contribution in [3.05, 3.63) is 71.0 Å². The molecule has 2 aromatic heterocycles. The van der Waals surface area contributed by atoms with Gasteiger partial charge in [-0.05, 0) is 56.7 Å². The Morgan fingerprint density at radius 2 is 1.56 bits per heavy atom. The number of aromatic nitrogens is 4. The topological polar surface area (TPSA) is 117 Å². The predicted molar refractivity (Wildman–Crippen MR) is 152 cm³/mol. The number of anilines is 1. The van der Waals surface area contributed by atoms with Crippen LogP contribution in [0, 0.1) is 0 Å². The summed E-state index contributed by atoms with van der Waals surface area (Å²) in [6, 6.07) is 14.3. The quantitative estimate of drug-likeness (QED) is 0.242. The smallest absolute Gasteiger partial charge is 0.316 e. The van der Waals surface area contributed by atoms with E-state index in [0.717, 1.165) is 10.0 Å². The molecular weight excluding hydrogens is 586 g/mol. The number of sulfonamides is 1. The summed E-state index contributed by atoms with van der Waals surface area (Å²) < 4.78 is 48.4. The first-order valence-electron chi connectivity index (χ1n) is 12.1. The lowest BCUT2D eigenvalue weighted by Gasteiger charge is -2.19. The van der Waals surface area contributed by atoms with Crippen LogP contribution in [0.2, 0.25) is 0 Å². The minimum atomic E-state index is -3.93. The molecule has 2 heterocycles. The number of ether oxygens (including phenoxy) is 3. The van der Waals surface area contributed by atoms with Gasteiger partial charge in [0.15, 0.2) is 0 Å². The molecule has 0 fully saturated rings. The highest BCUT2D eigenvalue weighted by Gasteiger charge is 2.25. The van der Waals surface area contributed by atoms with Crippen molar-refractivity contribution < 1.29 is 22.6 Å². The first-order chi connectivity index (χ1) is 18.5. The zero-order valence-corrected chi connectivity index (χ0v) is 24.7. The number of hydrogen-bond donors (Lipinski definition) is 1. The largest absolute Gasteiger partial charge is 0.497 e. The van der Waals surface area contributed by atoms with E-state index in [0.29, 0.717) is 16.9 Å². The summed E-state index contributed by atoms with van der Waals surface area (Å²) in [5.74, 6) is 1.16. The van der Waals surface area contributed by atoms with Crippen molar-refractivity contribution in [2.75, 3.05) is 25.0 Å². The van der Waals surface area contributed by atoms with Gasteiger partial charge in [-0.2, -0.15) is 0 Å². The Hall–Kier alpha value is -3.64. The van der Waals surface area contributed by atoms with E-state index < -0.39 is 10.0 Å². The number of halogens is 1. The molecule has 0 aliphatic carbocycles. The van der Waals surface area contributed by atoms with Crippen molar-refractivity contribution in [3.63, 3.8) is 0 Å². The first-order valence-corrected chi connectivity index (χ1v) is 14.3. The van der Waals surface area contributed by atoms with Crippen LogP contribution in [0.5, 0.6) is 17.6 Å². The average molecular weight is 617 g/mol.